The van der Waals surface area contributed by atoms with Crippen molar-refractivity contribution in [3.63, 3.8) is 0 Å². The summed E-state index contributed by atoms with van der Waals surface area (Å²) in [5.74, 6) is 1.53. The van der Waals surface area contributed by atoms with E-state index in [1.807, 2.05) is 11.8 Å². The normalized spacial score (nSPS) is 20.5. The van der Waals surface area contributed by atoms with Gasteiger partial charge in [-0.3, -0.25) is 9.48 Å². The van der Waals surface area contributed by atoms with Gasteiger partial charge >= 0.3 is 0 Å². The van der Waals surface area contributed by atoms with Crippen LogP contribution < -0.4 is 0 Å². The molecule has 4 nitrogen and oxygen atoms in total. The Morgan fingerprint density at radius 3 is 2.76 bits per heavy atom. The Morgan fingerprint density at radius 2 is 2.18 bits per heavy atom. The lowest BCUT2D eigenvalue weighted by molar-refractivity contribution is -0.133. The maximum absolute atomic E-state index is 11.2. The average Bonchev–Trinajstić information content (AvgIpc) is 2.89. The molecule has 2 aliphatic rings. The van der Waals surface area contributed by atoms with Crippen molar-refractivity contribution >= 4 is 5.91 Å². The van der Waals surface area contributed by atoms with Crippen molar-refractivity contribution in [3.05, 3.63) is 17.5 Å². The van der Waals surface area contributed by atoms with Crippen LogP contribution in [0.4, 0.5) is 0 Å². The molecule has 0 atom stereocenters. The number of hydrogen-bond donors (Lipinski definition) is 0. The smallest absolute Gasteiger partial charge is 0.219 e. The van der Waals surface area contributed by atoms with E-state index in [4.69, 9.17) is 0 Å². The van der Waals surface area contributed by atoms with Gasteiger partial charge in [0.05, 0.1) is 5.69 Å². The number of likely N-dealkylation sites (tertiary alicyclic amines) is 1. The van der Waals surface area contributed by atoms with Gasteiger partial charge in [-0.1, -0.05) is 0 Å². The van der Waals surface area contributed by atoms with Gasteiger partial charge in [0.15, 0.2) is 0 Å². The van der Waals surface area contributed by atoms with Crippen LogP contribution in [0.1, 0.15) is 37.1 Å². The highest BCUT2D eigenvalue weighted by Crippen LogP contribution is 2.33. The molecule has 17 heavy (non-hydrogen) atoms. The van der Waals surface area contributed by atoms with Crippen molar-refractivity contribution in [3.8, 4) is 0 Å². The fraction of sp³-hybridized carbons (Fsp3) is 0.692. The minimum absolute atomic E-state index is 0.186. The number of aryl methyl sites for hydroxylation is 1. The van der Waals surface area contributed by atoms with Crippen molar-refractivity contribution in [1.29, 1.82) is 0 Å². The van der Waals surface area contributed by atoms with Gasteiger partial charge in [-0.05, 0) is 31.7 Å². The van der Waals surface area contributed by atoms with Gasteiger partial charge in [-0.25, -0.2) is 0 Å². The Kier molecular flexibility index (Phi) is 2.45. The molecule has 1 aromatic rings. The molecule has 92 valence electrons. The number of hydrogen-bond acceptors (Lipinski definition) is 2. The first-order valence-corrected chi connectivity index (χ1v) is 6.43. The van der Waals surface area contributed by atoms with Crippen molar-refractivity contribution in [2.45, 2.75) is 39.2 Å². The van der Waals surface area contributed by atoms with Gasteiger partial charge in [0.1, 0.15) is 0 Å². The molecule has 0 aromatic carbocycles. The van der Waals surface area contributed by atoms with Crippen LogP contribution in [-0.4, -0.2) is 33.7 Å². The predicted octanol–water partition coefficient (Wildman–Crippen LogP) is 1.55. The largest absolute Gasteiger partial charge is 0.341 e. The zero-order chi connectivity index (χ0) is 12.0. The molecule has 1 aliphatic heterocycles. The van der Waals surface area contributed by atoms with Crippen molar-refractivity contribution in [2.75, 3.05) is 13.1 Å². The van der Waals surface area contributed by atoms with Crippen LogP contribution in [0.15, 0.2) is 6.07 Å². The van der Waals surface area contributed by atoms with Gasteiger partial charge in [0.25, 0.3) is 0 Å². The number of amides is 1. The van der Waals surface area contributed by atoms with Crippen LogP contribution in [-0.2, 0) is 11.3 Å². The number of aromatic nitrogens is 2. The van der Waals surface area contributed by atoms with E-state index in [1.165, 1.54) is 18.5 Å². The highest BCUT2D eigenvalue weighted by atomic mass is 16.2. The third-order valence-corrected chi connectivity index (χ3v) is 3.81. The van der Waals surface area contributed by atoms with Crippen LogP contribution in [0.3, 0.4) is 0 Å². The summed E-state index contributed by atoms with van der Waals surface area (Å²) in [4.78, 5) is 13.1. The van der Waals surface area contributed by atoms with Gasteiger partial charge in [0.2, 0.25) is 5.91 Å². The fourth-order valence-electron chi connectivity index (χ4n) is 2.51. The molecule has 2 heterocycles. The molecule has 1 saturated carbocycles. The van der Waals surface area contributed by atoms with E-state index in [2.05, 4.69) is 15.8 Å². The first kappa shape index (κ1) is 10.8. The molecule has 0 radical (unpaired) electrons. The van der Waals surface area contributed by atoms with E-state index in [0.717, 1.165) is 31.2 Å². The Bertz CT molecular complexity index is 442. The van der Waals surface area contributed by atoms with Crippen LogP contribution in [0.25, 0.3) is 0 Å². The molecule has 4 heteroatoms. The standard InChI is InChI=1S/C13H19N3O/c1-9-5-13(12-7-15(8-12)10(2)17)16(14-9)6-11-3-4-11/h5,11-12H,3-4,6-8H2,1-2H3. The number of carbonyl (C=O) groups is 1. The van der Waals surface area contributed by atoms with Crippen LogP contribution in [0.5, 0.6) is 0 Å². The van der Waals surface area contributed by atoms with Gasteiger partial charge < -0.3 is 4.90 Å². The van der Waals surface area contributed by atoms with Crippen LogP contribution in [0.2, 0.25) is 0 Å². The summed E-state index contributed by atoms with van der Waals surface area (Å²) >= 11 is 0. The summed E-state index contributed by atoms with van der Waals surface area (Å²) in [5.41, 5.74) is 2.42. The molecular formula is C13H19N3O. The summed E-state index contributed by atoms with van der Waals surface area (Å²) in [6.07, 6.45) is 2.70. The predicted molar refractivity (Wildman–Crippen MR) is 64.7 cm³/mol. The first-order valence-electron chi connectivity index (χ1n) is 6.43. The number of rotatable bonds is 3. The minimum atomic E-state index is 0.186. The Labute approximate surface area is 102 Å². The Morgan fingerprint density at radius 1 is 1.47 bits per heavy atom. The summed E-state index contributed by atoms with van der Waals surface area (Å²) in [6, 6.07) is 2.19. The lowest BCUT2D eigenvalue weighted by Gasteiger charge is -2.38. The highest BCUT2D eigenvalue weighted by molar-refractivity contribution is 5.74. The van der Waals surface area contributed by atoms with E-state index < -0.39 is 0 Å². The molecule has 2 fully saturated rings. The molecule has 0 bridgehead atoms. The fourth-order valence-corrected chi connectivity index (χ4v) is 2.51. The third-order valence-electron chi connectivity index (χ3n) is 3.81. The van der Waals surface area contributed by atoms with Gasteiger partial charge in [-0.2, -0.15) is 5.10 Å². The molecule has 1 amide bonds. The monoisotopic (exact) mass is 233 g/mol. The third kappa shape index (κ3) is 2.08. The van der Waals surface area contributed by atoms with E-state index >= 15 is 0 Å². The number of carbonyl (C=O) groups excluding carboxylic acids is 1. The van der Waals surface area contributed by atoms with E-state index in [1.54, 1.807) is 6.92 Å². The second kappa shape index (κ2) is 3.86. The lowest BCUT2D eigenvalue weighted by Crippen LogP contribution is -2.48. The van der Waals surface area contributed by atoms with Gasteiger partial charge in [0, 0.05) is 38.2 Å². The topological polar surface area (TPSA) is 38.1 Å². The molecular weight excluding hydrogens is 214 g/mol. The lowest BCUT2D eigenvalue weighted by atomic mass is 9.96. The van der Waals surface area contributed by atoms with E-state index in [-0.39, 0.29) is 5.91 Å². The maximum Gasteiger partial charge on any atom is 0.219 e. The Hall–Kier alpha value is -1.32. The molecule has 1 saturated heterocycles. The SMILES string of the molecule is CC(=O)N1CC(c2cc(C)nn2CC2CC2)C1. The highest BCUT2D eigenvalue weighted by Gasteiger charge is 2.33. The van der Waals surface area contributed by atoms with Crippen molar-refractivity contribution in [1.82, 2.24) is 14.7 Å². The zero-order valence-electron chi connectivity index (χ0n) is 10.5. The van der Waals surface area contributed by atoms with Crippen LogP contribution >= 0.6 is 0 Å². The van der Waals surface area contributed by atoms with E-state index in [0.29, 0.717) is 5.92 Å². The Balaban J connectivity index is 1.71. The first-order chi connectivity index (χ1) is 8.13. The maximum atomic E-state index is 11.2. The molecule has 0 N–H and O–H groups in total. The molecule has 3 rings (SSSR count). The van der Waals surface area contributed by atoms with Crippen LogP contribution in [0, 0.1) is 12.8 Å². The molecule has 0 unspecified atom stereocenters. The second-order valence-electron chi connectivity index (χ2n) is 5.46. The summed E-state index contributed by atoms with van der Waals surface area (Å²) in [6.45, 7) is 6.49. The van der Waals surface area contributed by atoms with E-state index in [9.17, 15) is 4.79 Å². The molecule has 1 aromatic heterocycles. The molecule has 0 spiro atoms. The summed E-state index contributed by atoms with van der Waals surface area (Å²) < 4.78 is 2.18. The average molecular weight is 233 g/mol. The van der Waals surface area contributed by atoms with Gasteiger partial charge in [-0.15, -0.1) is 0 Å². The van der Waals surface area contributed by atoms with Crippen molar-refractivity contribution < 1.29 is 4.79 Å². The minimum Gasteiger partial charge on any atom is -0.341 e. The van der Waals surface area contributed by atoms with Crippen molar-refractivity contribution in [2.24, 2.45) is 5.92 Å². The summed E-state index contributed by atoms with van der Waals surface area (Å²) in [7, 11) is 0. The molecule has 1 aliphatic carbocycles. The zero-order valence-corrected chi connectivity index (χ0v) is 10.5. The quantitative estimate of drug-likeness (QED) is 0.794. The summed E-state index contributed by atoms with van der Waals surface area (Å²) in [5, 5.41) is 4.58. The number of nitrogens with zero attached hydrogens (tertiary/aromatic N) is 3. The second-order valence-corrected chi connectivity index (χ2v) is 5.46.